The van der Waals surface area contributed by atoms with Crippen LogP contribution in [0.2, 0.25) is 0 Å². The number of hydrogen-bond acceptors (Lipinski definition) is 3. The average Bonchev–Trinajstić information content (AvgIpc) is 1.93. The van der Waals surface area contributed by atoms with E-state index in [1.165, 1.54) is 0 Å². The van der Waals surface area contributed by atoms with E-state index in [2.05, 4.69) is 0 Å². The summed E-state index contributed by atoms with van der Waals surface area (Å²) in [5, 5.41) is 10.6. The van der Waals surface area contributed by atoms with Crippen LogP contribution >= 0.6 is 0 Å². The third-order valence-electron chi connectivity index (χ3n) is 1.68. The van der Waals surface area contributed by atoms with Crippen LogP contribution in [0.4, 0.5) is 13.6 Å². The van der Waals surface area contributed by atoms with Gasteiger partial charge in [-0.25, -0.2) is 13.6 Å². The van der Waals surface area contributed by atoms with Crippen molar-refractivity contribution >= 4 is 6.09 Å². The second-order valence-electron chi connectivity index (χ2n) is 4.46. The number of carbonyl (C=O) groups excluding carboxylic acids is 1. The van der Waals surface area contributed by atoms with Crippen molar-refractivity contribution in [2.45, 2.75) is 51.7 Å². The zero-order chi connectivity index (χ0) is 14.8. The summed E-state index contributed by atoms with van der Waals surface area (Å²) in [6.45, 7) is 2.76. The highest BCUT2D eigenvalue weighted by Gasteiger charge is 2.37. The first kappa shape index (κ1) is 11.6. The second-order valence-corrected chi connectivity index (χ2v) is 4.46. The minimum atomic E-state index is -3.59. The van der Waals surface area contributed by atoms with Gasteiger partial charge >= 0.3 is 6.09 Å². The Labute approximate surface area is 96.8 Å². The fraction of sp³-hybridized carbons (Fsp3) is 0.900. The number of alkyl carbamates (subject to hydrolysis) is 1. The molecule has 0 aliphatic carbocycles. The molecule has 0 heterocycles. The molecule has 0 spiro atoms. The lowest BCUT2D eigenvalue weighted by Crippen LogP contribution is -2.47. The van der Waals surface area contributed by atoms with Crippen LogP contribution in [-0.4, -0.2) is 35.3 Å². The lowest BCUT2D eigenvalue weighted by molar-refractivity contribution is -0.0523. The average molecular weight is 241 g/mol. The fourth-order valence-corrected chi connectivity index (χ4v) is 0.848. The normalized spacial score (nSPS) is 17.2. The van der Waals surface area contributed by atoms with Gasteiger partial charge in [0.2, 0.25) is 0 Å². The molecule has 0 bridgehead atoms. The third kappa shape index (κ3) is 5.85. The second kappa shape index (κ2) is 5.43. The number of nitrogens with one attached hydrogen (secondary N) is 1. The largest absolute Gasteiger partial charge is 0.444 e. The molecule has 0 aromatic rings. The molecule has 16 heavy (non-hydrogen) atoms. The molecule has 96 valence electrons. The van der Waals surface area contributed by atoms with Gasteiger partial charge in [-0.05, 0) is 27.7 Å². The van der Waals surface area contributed by atoms with Crippen molar-refractivity contribution in [2.75, 3.05) is 6.56 Å². The van der Waals surface area contributed by atoms with Crippen LogP contribution in [0.3, 0.4) is 0 Å². The van der Waals surface area contributed by atoms with Crippen molar-refractivity contribution in [3.63, 3.8) is 0 Å². The highest BCUT2D eigenvalue weighted by atomic mass is 19.3. The van der Waals surface area contributed by atoms with Crippen molar-refractivity contribution in [1.82, 2.24) is 5.32 Å². The Morgan fingerprint density at radius 3 is 2.44 bits per heavy atom. The molecule has 1 amide bonds. The third-order valence-corrected chi connectivity index (χ3v) is 1.68. The van der Waals surface area contributed by atoms with E-state index in [1.807, 2.05) is 5.32 Å². The van der Waals surface area contributed by atoms with Crippen molar-refractivity contribution in [1.29, 1.82) is 0 Å². The van der Waals surface area contributed by atoms with E-state index in [0.29, 0.717) is 0 Å². The molecule has 4 nitrogen and oxygen atoms in total. The smallest absolute Gasteiger partial charge is 0.408 e. The summed E-state index contributed by atoms with van der Waals surface area (Å²) in [7, 11) is 0. The van der Waals surface area contributed by atoms with Gasteiger partial charge in [-0.2, -0.15) is 0 Å². The summed E-state index contributed by atoms with van der Waals surface area (Å²) in [4.78, 5) is 11.3. The van der Waals surface area contributed by atoms with Gasteiger partial charge < -0.3 is 15.2 Å². The number of amides is 1. The Morgan fingerprint density at radius 1 is 1.56 bits per heavy atom. The lowest BCUT2D eigenvalue weighted by Gasteiger charge is -2.26. The number of rotatable bonds is 4. The van der Waals surface area contributed by atoms with Gasteiger partial charge in [-0.1, -0.05) is 0 Å². The summed E-state index contributed by atoms with van der Waals surface area (Å²) in [6, 6.07) is -1.66. The molecule has 6 heteroatoms. The van der Waals surface area contributed by atoms with Gasteiger partial charge in [0.15, 0.2) is 0 Å². The maximum atomic E-state index is 13.4. The SMILES string of the molecule is [2H]C([2H])(O)CC(F)(F)[C@H](C)NC(=O)OC(C)(C)C. The van der Waals surface area contributed by atoms with E-state index < -0.39 is 36.6 Å². The topological polar surface area (TPSA) is 58.6 Å². The first-order chi connectivity index (χ1) is 7.73. The van der Waals surface area contributed by atoms with Gasteiger partial charge in [-0.15, -0.1) is 0 Å². The number of alkyl halides is 2. The Balaban J connectivity index is 4.48. The van der Waals surface area contributed by atoms with Crippen LogP contribution in [0.25, 0.3) is 0 Å². The number of aliphatic hydroxyl groups is 1. The van der Waals surface area contributed by atoms with E-state index in [9.17, 15) is 13.6 Å². The number of hydrogen-bond donors (Lipinski definition) is 2. The maximum absolute atomic E-state index is 13.4. The van der Waals surface area contributed by atoms with E-state index in [4.69, 9.17) is 12.6 Å². The molecular weight excluding hydrogens is 220 g/mol. The highest BCUT2D eigenvalue weighted by Crippen LogP contribution is 2.22. The van der Waals surface area contributed by atoms with Crippen molar-refractivity contribution in [3.8, 4) is 0 Å². The molecule has 0 aromatic carbocycles. The van der Waals surface area contributed by atoms with E-state index in [-0.39, 0.29) is 0 Å². The summed E-state index contributed by atoms with van der Waals surface area (Å²) < 4.78 is 45.1. The van der Waals surface area contributed by atoms with Crippen molar-refractivity contribution < 1.29 is 26.2 Å². The molecule has 0 aliphatic heterocycles. The summed E-state index contributed by atoms with van der Waals surface area (Å²) in [5.41, 5.74) is -0.815. The molecule has 0 saturated carbocycles. The quantitative estimate of drug-likeness (QED) is 0.790. The van der Waals surface area contributed by atoms with E-state index >= 15 is 0 Å². The van der Waals surface area contributed by atoms with E-state index in [1.54, 1.807) is 20.8 Å². The Morgan fingerprint density at radius 2 is 2.06 bits per heavy atom. The van der Waals surface area contributed by atoms with Crippen LogP contribution < -0.4 is 5.32 Å². The van der Waals surface area contributed by atoms with Gasteiger partial charge in [0.25, 0.3) is 5.92 Å². The Kier molecular flexibility index (Phi) is 3.93. The predicted octanol–water partition coefficient (Wildman–Crippen LogP) is 1.92. The highest BCUT2D eigenvalue weighted by molar-refractivity contribution is 5.68. The number of ether oxygens (including phenoxy) is 1. The van der Waals surface area contributed by atoms with Crippen LogP contribution in [0.5, 0.6) is 0 Å². The predicted molar refractivity (Wildman–Crippen MR) is 55.5 cm³/mol. The van der Waals surface area contributed by atoms with E-state index in [0.717, 1.165) is 6.92 Å². The Bertz CT molecular complexity index is 300. The Hall–Kier alpha value is -0.910. The minimum absolute atomic E-state index is 0.815. The molecular formula is C10H19F2NO3. The van der Waals surface area contributed by atoms with Gasteiger partial charge in [-0.3, -0.25) is 0 Å². The van der Waals surface area contributed by atoms with Crippen LogP contribution in [0.1, 0.15) is 36.9 Å². The fourth-order valence-electron chi connectivity index (χ4n) is 0.848. The zero-order valence-electron chi connectivity index (χ0n) is 11.8. The first-order valence-electron chi connectivity index (χ1n) is 5.83. The number of halogens is 2. The monoisotopic (exact) mass is 241 g/mol. The molecule has 1 atom stereocenters. The molecule has 0 rings (SSSR count). The van der Waals surface area contributed by atoms with Crippen LogP contribution in [0.15, 0.2) is 0 Å². The molecule has 0 saturated heterocycles. The molecule has 0 radical (unpaired) electrons. The molecule has 0 unspecified atom stereocenters. The van der Waals surface area contributed by atoms with Gasteiger partial charge in [0.05, 0.1) is 8.78 Å². The lowest BCUT2D eigenvalue weighted by atomic mass is 10.1. The molecule has 0 fully saturated rings. The minimum Gasteiger partial charge on any atom is -0.444 e. The van der Waals surface area contributed by atoms with Crippen molar-refractivity contribution in [3.05, 3.63) is 0 Å². The van der Waals surface area contributed by atoms with Gasteiger partial charge in [0.1, 0.15) is 5.60 Å². The van der Waals surface area contributed by atoms with Crippen LogP contribution in [0, 0.1) is 0 Å². The van der Waals surface area contributed by atoms with Crippen molar-refractivity contribution in [2.24, 2.45) is 0 Å². The molecule has 0 aliphatic rings. The zero-order valence-corrected chi connectivity index (χ0v) is 9.80. The number of carbonyl (C=O) groups is 1. The summed E-state index contributed by atoms with van der Waals surface area (Å²) in [5.74, 6) is -3.59. The first-order valence-corrected chi connectivity index (χ1v) is 4.83. The molecule has 2 N–H and O–H groups in total. The van der Waals surface area contributed by atoms with Crippen LogP contribution in [-0.2, 0) is 4.74 Å². The summed E-state index contributed by atoms with van der Waals surface area (Å²) >= 11 is 0. The molecule has 0 aromatic heterocycles. The summed E-state index contributed by atoms with van der Waals surface area (Å²) in [6.07, 6.45) is -2.43. The van der Waals surface area contributed by atoms with Gasteiger partial charge in [0, 0.05) is 13.0 Å². The standard InChI is InChI=1S/C10H19F2NO3/c1-7(10(11,12)5-6-14)13-8(15)16-9(2,3)4/h7,14H,5-6H2,1-4H3,(H,13,15)/t7-/m0/s1/i6D2. The maximum Gasteiger partial charge on any atom is 0.408 e.